The smallest absolute Gasteiger partial charge is 0.261 e. The van der Waals surface area contributed by atoms with Crippen LogP contribution in [0.5, 0.6) is 0 Å². The number of sulfonamides is 1. The molecule has 0 bridgehead atoms. The third-order valence-electron chi connectivity index (χ3n) is 5.23. The number of nitrogens with one attached hydrogen (secondary N) is 1. The molecule has 0 aliphatic carbocycles. The van der Waals surface area contributed by atoms with Crippen LogP contribution in [0.15, 0.2) is 64.9 Å². The maximum atomic E-state index is 13.3. The predicted molar refractivity (Wildman–Crippen MR) is 116 cm³/mol. The molecule has 1 aliphatic heterocycles. The molecule has 1 saturated heterocycles. The Morgan fingerprint density at radius 2 is 1.93 bits per heavy atom. The van der Waals surface area contributed by atoms with Crippen LogP contribution in [0.4, 0.5) is 10.1 Å². The summed E-state index contributed by atoms with van der Waals surface area (Å²) < 4.78 is 41.2. The number of carbonyl (C=O) groups is 1. The average molecular weight is 445 g/mol. The van der Waals surface area contributed by atoms with Gasteiger partial charge in [-0.1, -0.05) is 12.1 Å². The first kappa shape index (κ1) is 20.6. The zero-order valence-corrected chi connectivity index (χ0v) is 18.0. The van der Waals surface area contributed by atoms with E-state index in [0.29, 0.717) is 12.1 Å². The molecular formula is C22H21FN2O3S2. The number of aryl methyl sites for hydroxylation is 1. The van der Waals surface area contributed by atoms with Crippen LogP contribution in [0.2, 0.25) is 0 Å². The van der Waals surface area contributed by atoms with Crippen molar-refractivity contribution in [2.75, 3.05) is 11.3 Å². The van der Waals surface area contributed by atoms with E-state index in [2.05, 4.69) is 4.72 Å². The summed E-state index contributed by atoms with van der Waals surface area (Å²) in [5, 5.41) is 2.00. The second-order valence-corrected chi connectivity index (χ2v) is 9.92. The van der Waals surface area contributed by atoms with E-state index in [0.717, 1.165) is 23.3 Å². The van der Waals surface area contributed by atoms with Gasteiger partial charge in [-0.15, -0.1) is 11.3 Å². The summed E-state index contributed by atoms with van der Waals surface area (Å²) in [6.45, 7) is 2.44. The predicted octanol–water partition coefficient (Wildman–Crippen LogP) is 4.97. The van der Waals surface area contributed by atoms with Crippen LogP contribution in [0.1, 0.15) is 39.7 Å². The van der Waals surface area contributed by atoms with Crippen molar-refractivity contribution in [2.45, 2.75) is 30.7 Å². The van der Waals surface area contributed by atoms with Crippen molar-refractivity contribution in [3.8, 4) is 0 Å². The molecule has 8 heteroatoms. The van der Waals surface area contributed by atoms with Crippen molar-refractivity contribution < 1.29 is 17.6 Å². The van der Waals surface area contributed by atoms with Gasteiger partial charge in [0.15, 0.2) is 0 Å². The molecule has 0 radical (unpaired) electrons. The number of halogens is 1. The summed E-state index contributed by atoms with van der Waals surface area (Å²) in [6.07, 6.45) is 1.81. The third kappa shape index (κ3) is 4.11. The van der Waals surface area contributed by atoms with E-state index in [4.69, 9.17) is 0 Å². The van der Waals surface area contributed by atoms with Gasteiger partial charge in [0.25, 0.3) is 15.9 Å². The minimum absolute atomic E-state index is 0.00681. The van der Waals surface area contributed by atoms with E-state index >= 15 is 0 Å². The molecule has 1 N–H and O–H groups in total. The van der Waals surface area contributed by atoms with Gasteiger partial charge in [0.1, 0.15) is 5.82 Å². The summed E-state index contributed by atoms with van der Waals surface area (Å²) in [6, 6.07) is 13.6. The number of carbonyl (C=O) groups excluding carboxylic acids is 1. The van der Waals surface area contributed by atoms with Crippen LogP contribution in [0, 0.1) is 12.7 Å². The van der Waals surface area contributed by atoms with Gasteiger partial charge in [0.05, 0.1) is 10.9 Å². The largest absolute Gasteiger partial charge is 0.331 e. The molecule has 156 valence electrons. The number of rotatable bonds is 5. The van der Waals surface area contributed by atoms with E-state index < -0.39 is 15.8 Å². The highest BCUT2D eigenvalue weighted by atomic mass is 32.2. The topological polar surface area (TPSA) is 66.5 Å². The Morgan fingerprint density at radius 1 is 1.17 bits per heavy atom. The zero-order chi connectivity index (χ0) is 21.3. The maximum Gasteiger partial charge on any atom is 0.261 e. The van der Waals surface area contributed by atoms with Crippen molar-refractivity contribution in [1.82, 2.24) is 4.90 Å². The molecule has 2 heterocycles. The molecule has 1 atom stereocenters. The first-order chi connectivity index (χ1) is 14.3. The molecule has 0 unspecified atom stereocenters. The molecule has 30 heavy (non-hydrogen) atoms. The van der Waals surface area contributed by atoms with E-state index in [1.54, 1.807) is 24.3 Å². The zero-order valence-electron chi connectivity index (χ0n) is 16.3. The summed E-state index contributed by atoms with van der Waals surface area (Å²) in [5.41, 5.74) is 1.35. The number of hydrogen-bond acceptors (Lipinski definition) is 4. The van der Waals surface area contributed by atoms with Crippen LogP contribution >= 0.6 is 11.3 Å². The highest BCUT2D eigenvalue weighted by molar-refractivity contribution is 7.92. The van der Waals surface area contributed by atoms with Crippen LogP contribution in [-0.4, -0.2) is 25.8 Å². The van der Waals surface area contributed by atoms with E-state index in [1.807, 2.05) is 22.4 Å². The Morgan fingerprint density at radius 3 is 2.63 bits per heavy atom. The maximum absolute atomic E-state index is 13.3. The number of thiophene rings is 1. The second-order valence-electron chi connectivity index (χ2n) is 7.26. The summed E-state index contributed by atoms with van der Waals surface area (Å²) in [7, 11) is -3.92. The lowest BCUT2D eigenvalue weighted by Crippen LogP contribution is -2.31. The highest BCUT2D eigenvalue weighted by Gasteiger charge is 2.32. The van der Waals surface area contributed by atoms with Crippen molar-refractivity contribution >= 4 is 33.0 Å². The van der Waals surface area contributed by atoms with Crippen LogP contribution in [0.25, 0.3) is 0 Å². The lowest BCUT2D eigenvalue weighted by molar-refractivity contribution is 0.0737. The van der Waals surface area contributed by atoms with E-state index in [1.165, 1.54) is 36.4 Å². The van der Waals surface area contributed by atoms with Gasteiger partial charge >= 0.3 is 0 Å². The molecule has 0 saturated carbocycles. The van der Waals surface area contributed by atoms with Gasteiger partial charge in [-0.25, -0.2) is 12.8 Å². The quantitative estimate of drug-likeness (QED) is 0.604. The number of likely N-dealkylation sites (tertiary alicyclic amines) is 1. The van der Waals surface area contributed by atoms with E-state index in [9.17, 15) is 17.6 Å². The fourth-order valence-electron chi connectivity index (χ4n) is 3.67. The number of benzene rings is 2. The molecule has 1 fully saturated rings. The molecule has 5 nitrogen and oxygen atoms in total. The van der Waals surface area contributed by atoms with E-state index in [-0.39, 0.29) is 22.5 Å². The summed E-state index contributed by atoms with van der Waals surface area (Å²) in [5.74, 6) is -0.616. The molecule has 1 amide bonds. The molecule has 3 aromatic rings. The SMILES string of the molecule is Cc1ccc(S(=O)(=O)Nc2ccc(F)cc2)cc1C(=O)N1CCC[C@@H]1c1cccs1. The second kappa shape index (κ2) is 8.20. The van der Waals surface area contributed by atoms with Crippen molar-refractivity contribution in [3.63, 3.8) is 0 Å². The Labute approximate surface area is 179 Å². The average Bonchev–Trinajstić information content (AvgIpc) is 3.40. The van der Waals surface area contributed by atoms with Gasteiger partial charge in [-0.2, -0.15) is 0 Å². The first-order valence-electron chi connectivity index (χ1n) is 9.58. The van der Waals surface area contributed by atoms with Crippen LogP contribution in [-0.2, 0) is 10.0 Å². The van der Waals surface area contributed by atoms with Crippen LogP contribution < -0.4 is 4.72 Å². The molecule has 2 aromatic carbocycles. The molecular weight excluding hydrogens is 423 g/mol. The van der Waals surface area contributed by atoms with Crippen molar-refractivity contribution in [2.24, 2.45) is 0 Å². The highest BCUT2D eigenvalue weighted by Crippen LogP contribution is 2.36. The number of amides is 1. The number of hydrogen-bond donors (Lipinski definition) is 1. The molecule has 4 rings (SSSR count). The molecule has 1 aliphatic rings. The Bertz CT molecular complexity index is 1160. The molecule has 1 aromatic heterocycles. The number of nitrogens with zero attached hydrogens (tertiary/aromatic N) is 1. The first-order valence-corrected chi connectivity index (χ1v) is 11.9. The Kier molecular flexibility index (Phi) is 5.62. The minimum Gasteiger partial charge on any atom is -0.331 e. The summed E-state index contributed by atoms with van der Waals surface area (Å²) >= 11 is 1.62. The Balaban J connectivity index is 1.63. The lowest BCUT2D eigenvalue weighted by Gasteiger charge is -2.25. The van der Waals surface area contributed by atoms with Crippen molar-refractivity contribution in [3.05, 3.63) is 81.8 Å². The standard InChI is InChI=1S/C22H21FN2O3S2/c1-15-6-11-18(30(27,28)24-17-9-7-16(23)8-10-17)14-19(15)22(26)25-12-2-4-20(25)21-5-3-13-29-21/h3,5-11,13-14,20,24H,2,4,12H2,1H3/t20-/m1/s1. The van der Waals surface area contributed by atoms with Gasteiger partial charge < -0.3 is 4.90 Å². The lowest BCUT2D eigenvalue weighted by atomic mass is 10.1. The number of anilines is 1. The fourth-order valence-corrected chi connectivity index (χ4v) is 5.63. The van der Waals surface area contributed by atoms with Gasteiger partial charge in [0, 0.05) is 22.7 Å². The third-order valence-corrected chi connectivity index (χ3v) is 7.58. The fraction of sp³-hybridized carbons (Fsp3) is 0.227. The molecule has 0 spiro atoms. The monoisotopic (exact) mass is 444 g/mol. The van der Waals surface area contributed by atoms with Gasteiger partial charge in [-0.3, -0.25) is 9.52 Å². The Hall–Kier alpha value is -2.71. The summed E-state index contributed by atoms with van der Waals surface area (Å²) in [4.78, 5) is 16.3. The van der Waals surface area contributed by atoms with Gasteiger partial charge in [0.2, 0.25) is 0 Å². The normalized spacial score (nSPS) is 16.6. The van der Waals surface area contributed by atoms with Crippen molar-refractivity contribution in [1.29, 1.82) is 0 Å². The van der Waals surface area contributed by atoms with Gasteiger partial charge in [-0.05, 0) is 73.2 Å². The van der Waals surface area contributed by atoms with Crippen LogP contribution in [0.3, 0.4) is 0 Å². The minimum atomic E-state index is -3.92.